The van der Waals surface area contributed by atoms with Gasteiger partial charge in [-0.1, -0.05) is 36.5 Å². The van der Waals surface area contributed by atoms with E-state index in [2.05, 4.69) is 22.0 Å². The van der Waals surface area contributed by atoms with Crippen molar-refractivity contribution in [3.05, 3.63) is 53.6 Å². The number of benzene rings is 2. The Labute approximate surface area is 141 Å². The maximum atomic E-state index is 12.4. The minimum Gasteiger partial charge on any atom is -0.434 e. The molecule has 1 heterocycles. The van der Waals surface area contributed by atoms with Gasteiger partial charge in [-0.2, -0.15) is 8.78 Å². The number of alkyl halides is 2. The summed E-state index contributed by atoms with van der Waals surface area (Å²) in [5.74, 6) is -0.708. The first-order valence-electron chi connectivity index (χ1n) is 7.31. The number of aryl methyl sites for hydroxylation is 1. The predicted molar refractivity (Wildman–Crippen MR) is 90.0 cm³/mol. The van der Waals surface area contributed by atoms with E-state index in [1.165, 1.54) is 35.1 Å². The van der Waals surface area contributed by atoms with Gasteiger partial charge in [0.15, 0.2) is 5.13 Å². The van der Waals surface area contributed by atoms with Crippen molar-refractivity contribution in [2.24, 2.45) is 0 Å². The van der Waals surface area contributed by atoms with Gasteiger partial charge in [0.2, 0.25) is 0 Å². The van der Waals surface area contributed by atoms with Crippen LogP contribution in [0.2, 0.25) is 0 Å². The molecule has 124 valence electrons. The van der Waals surface area contributed by atoms with E-state index in [0.29, 0.717) is 5.13 Å². The van der Waals surface area contributed by atoms with Gasteiger partial charge in [-0.3, -0.25) is 10.1 Å². The number of nitrogens with zero attached hydrogens (tertiary/aromatic N) is 1. The third kappa shape index (κ3) is 3.51. The molecule has 0 unspecified atom stereocenters. The Hall–Kier alpha value is -2.54. The monoisotopic (exact) mass is 348 g/mol. The van der Waals surface area contributed by atoms with E-state index in [4.69, 9.17) is 0 Å². The van der Waals surface area contributed by atoms with E-state index in [9.17, 15) is 13.6 Å². The molecule has 1 aromatic heterocycles. The van der Waals surface area contributed by atoms with E-state index < -0.39 is 12.5 Å². The molecule has 0 saturated carbocycles. The number of para-hydroxylation sites is 1. The summed E-state index contributed by atoms with van der Waals surface area (Å²) in [6.45, 7) is -0.931. The van der Waals surface area contributed by atoms with Crippen LogP contribution in [0.3, 0.4) is 0 Å². The first kappa shape index (κ1) is 16.3. The molecule has 24 heavy (non-hydrogen) atoms. The van der Waals surface area contributed by atoms with Gasteiger partial charge in [0.1, 0.15) is 5.75 Å². The van der Waals surface area contributed by atoms with Crippen molar-refractivity contribution in [3.63, 3.8) is 0 Å². The van der Waals surface area contributed by atoms with Crippen molar-refractivity contribution in [3.8, 4) is 5.75 Å². The average molecular weight is 348 g/mol. The Balaban J connectivity index is 1.85. The van der Waals surface area contributed by atoms with Crippen LogP contribution in [0.5, 0.6) is 5.75 Å². The van der Waals surface area contributed by atoms with E-state index >= 15 is 0 Å². The number of nitrogens with one attached hydrogen (secondary N) is 1. The number of thiazole rings is 1. The number of hydrogen-bond acceptors (Lipinski definition) is 4. The quantitative estimate of drug-likeness (QED) is 0.726. The molecule has 0 atom stereocenters. The van der Waals surface area contributed by atoms with Crippen LogP contribution in [0.15, 0.2) is 42.5 Å². The number of aromatic nitrogens is 1. The van der Waals surface area contributed by atoms with Gasteiger partial charge >= 0.3 is 6.61 Å². The fourth-order valence-electron chi connectivity index (χ4n) is 2.26. The van der Waals surface area contributed by atoms with Crippen LogP contribution in [-0.2, 0) is 6.42 Å². The summed E-state index contributed by atoms with van der Waals surface area (Å²) < 4.78 is 30.2. The summed E-state index contributed by atoms with van der Waals surface area (Å²) >= 11 is 1.34. The van der Waals surface area contributed by atoms with Crippen LogP contribution in [0.25, 0.3) is 10.2 Å². The summed E-state index contributed by atoms with van der Waals surface area (Å²) in [6.07, 6.45) is 0.911. The summed E-state index contributed by atoms with van der Waals surface area (Å²) in [5, 5.41) is 3.05. The standard InChI is InChI=1S/C17H14F2N2O2S/c1-2-10-7-8-12-14(9-10)24-17(20-12)21-15(22)11-5-3-4-6-13(11)23-16(18)19/h3-9,16H,2H2,1H3,(H,20,21,22). The van der Waals surface area contributed by atoms with Crippen molar-refractivity contribution in [1.82, 2.24) is 4.98 Å². The molecule has 0 bridgehead atoms. The summed E-state index contributed by atoms with van der Waals surface area (Å²) in [4.78, 5) is 16.7. The average Bonchev–Trinajstić information content (AvgIpc) is 2.95. The second-order valence-corrected chi connectivity index (χ2v) is 6.03. The van der Waals surface area contributed by atoms with Gasteiger partial charge in [-0.05, 0) is 36.2 Å². The maximum Gasteiger partial charge on any atom is 0.387 e. The minimum atomic E-state index is -2.99. The Morgan fingerprint density at radius 3 is 2.83 bits per heavy atom. The summed E-state index contributed by atoms with van der Waals surface area (Å²) in [6, 6.07) is 11.8. The Morgan fingerprint density at radius 1 is 1.29 bits per heavy atom. The van der Waals surface area contributed by atoms with Crippen LogP contribution >= 0.6 is 11.3 Å². The number of amides is 1. The van der Waals surface area contributed by atoms with Crippen LogP contribution in [-0.4, -0.2) is 17.5 Å². The van der Waals surface area contributed by atoms with Crippen molar-refractivity contribution >= 4 is 32.6 Å². The summed E-state index contributed by atoms with van der Waals surface area (Å²) in [5.41, 5.74) is 2.00. The fraction of sp³-hybridized carbons (Fsp3) is 0.176. The van der Waals surface area contributed by atoms with Crippen LogP contribution in [0.1, 0.15) is 22.8 Å². The van der Waals surface area contributed by atoms with Crippen LogP contribution < -0.4 is 10.1 Å². The fourth-order valence-corrected chi connectivity index (χ4v) is 3.18. The zero-order chi connectivity index (χ0) is 17.1. The Bertz CT molecular complexity index is 880. The number of halogens is 2. The summed E-state index contributed by atoms with van der Waals surface area (Å²) in [7, 11) is 0. The zero-order valence-electron chi connectivity index (χ0n) is 12.8. The molecule has 2 aromatic carbocycles. The van der Waals surface area contributed by atoms with Crippen molar-refractivity contribution in [2.45, 2.75) is 20.0 Å². The molecule has 3 aromatic rings. The highest BCUT2D eigenvalue weighted by atomic mass is 32.1. The zero-order valence-corrected chi connectivity index (χ0v) is 13.6. The van der Waals surface area contributed by atoms with Crippen molar-refractivity contribution < 1.29 is 18.3 Å². The number of ether oxygens (including phenoxy) is 1. The molecular weight excluding hydrogens is 334 g/mol. The van der Waals surface area contributed by atoms with Gasteiger partial charge in [-0.25, -0.2) is 4.98 Å². The molecule has 0 aliphatic carbocycles. The number of carbonyl (C=O) groups is 1. The van der Waals surface area contributed by atoms with Gasteiger partial charge in [0.25, 0.3) is 5.91 Å². The highest BCUT2D eigenvalue weighted by Crippen LogP contribution is 2.28. The molecule has 0 aliphatic heterocycles. The lowest BCUT2D eigenvalue weighted by Crippen LogP contribution is -2.14. The van der Waals surface area contributed by atoms with Gasteiger partial charge in [-0.15, -0.1) is 0 Å². The molecule has 0 spiro atoms. The lowest BCUT2D eigenvalue weighted by molar-refractivity contribution is -0.0501. The molecule has 4 nitrogen and oxygen atoms in total. The first-order valence-corrected chi connectivity index (χ1v) is 8.13. The van der Waals surface area contributed by atoms with Gasteiger partial charge < -0.3 is 4.74 Å². The van der Waals surface area contributed by atoms with E-state index in [1.807, 2.05) is 18.2 Å². The molecule has 3 rings (SSSR count). The van der Waals surface area contributed by atoms with Crippen LogP contribution in [0.4, 0.5) is 13.9 Å². The molecule has 0 radical (unpaired) electrons. The van der Waals surface area contributed by atoms with Gasteiger partial charge in [0, 0.05) is 0 Å². The number of hydrogen-bond donors (Lipinski definition) is 1. The normalized spacial score (nSPS) is 11.0. The minimum absolute atomic E-state index is 0.0336. The second-order valence-electron chi connectivity index (χ2n) is 5.00. The Morgan fingerprint density at radius 2 is 2.08 bits per heavy atom. The number of carbonyl (C=O) groups excluding carboxylic acids is 1. The van der Waals surface area contributed by atoms with E-state index in [0.717, 1.165) is 16.6 Å². The highest BCUT2D eigenvalue weighted by Gasteiger charge is 2.16. The SMILES string of the molecule is CCc1ccc2nc(NC(=O)c3ccccc3OC(F)F)sc2c1. The second kappa shape index (κ2) is 6.92. The molecule has 7 heteroatoms. The molecule has 0 saturated heterocycles. The number of rotatable bonds is 5. The lowest BCUT2D eigenvalue weighted by atomic mass is 10.2. The highest BCUT2D eigenvalue weighted by molar-refractivity contribution is 7.22. The maximum absolute atomic E-state index is 12.4. The first-order chi connectivity index (χ1) is 11.6. The van der Waals surface area contributed by atoms with E-state index in [-0.39, 0.29) is 11.3 Å². The molecular formula is C17H14F2N2O2S. The Kier molecular flexibility index (Phi) is 4.71. The van der Waals surface area contributed by atoms with Crippen molar-refractivity contribution in [2.75, 3.05) is 5.32 Å². The third-order valence-electron chi connectivity index (χ3n) is 3.43. The predicted octanol–water partition coefficient (Wildman–Crippen LogP) is 4.71. The van der Waals surface area contributed by atoms with E-state index in [1.54, 1.807) is 6.07 Å². The van der Waals surface area contributed by atoms with Gasteiger partial charge in [0.05, 0.1) is 15.8 Å². The molecule has 1 N–H and O–H groups in total. The van der Waals surface area contributed by atoms with Crippen LogP contribution in [0, 0.1) is 0 Å². The smallest absolute Gasteiger partial charge is 0.387 e. The lowest BCUT2D eigenvalue weighted by Gasteiger charge is -2.09. The number of fused-ring (bicyclic) bond motifs is 1. The largest absolute Gasteiger partial charge is 0.434 e. The topological polar surface area (TPSA) is 51.2 Å². The van der Waals surface area contributed by atoms with Crippen molar-refractivity contribution in [1.29, 1.82) is 0 Å². The molecule has 0 aliphatic rings. The third-order valence-corrected chi connectivity index (χ3v) is 4.36. The molecule has 1 amide bonds. The number of anilines is 1. The molecule has 0 fully saturated rings.